The highest BCUT2D eigenvalue weighted by molar-refractivity contribution is 6.04. The first-order valence-corrected chi connectivity index (χ1v) is 19.1. The second kappa shape index (κ2) is 14.5. The van der Waals surface area contributed by atoms with Crippen LogP contribution in [0.4, 0.5) is 27.6 Å². The smallest absolute Gasteiger partial charge is 0.320 e. The Bertz CT molecular complexity index is 2460. The minimum absolute atomic E-state index is 0.0813. The Morgan fingerprint density at radius 2 is 1.75 bits per heavy atom. The third kappa shape index (κ3) is 7.32. The zero-order chi connectivity index (χ0) is 40.4. The van der Waals surface area contributed by atoms with Crippen LogP contribution in [0.15, 0.2) is 59.5 Å². The fourth-order valence-electron chi connectivity index (χ4n) is 8.91. The second-order valence-electron chi connectivity index (χ2n) is 15.6. The van der Waals surface area contributed by atoms with Gasteiger partial charge in [-0.05, 0) is 99.4 Å². The van der Waals surface area contributed by atoms with E-state index in [2.05, 4.69) is 15.6 Å². The van der Waals surface area contributed by atoms with Crippen molar-refractivity contribution in [2.24, 2.45) is 13.0 Å². The molecule has 5 aromatic rings. The molecule has 2 atom stereocenters. The van der Waals surface area contributed by atoms with Gasteiger partial charge in [-0.15, -0.1) is 0 Å². The van der Waals surface area contributed by atoms with Crippen molar-refractivity contribution in [1.29, 1.82) is 0 Å². The summed E-state index contributed by atoms with van der Waals surface area (Å²) in [6, 6.07) is 10.8. The number of benzene rings is 2. The van der Waals surface area contributed by atoms with Gasteiger partial charge in [0.25, 0.3) is 11.8 Å². The van der Waals surface area contributed by atoms with E-state index >= 15 is 8.78 Å². The van der Waals surface area contributed by atoms with Crippen LogP contribution >= 0.6 is 0 Å². The average Bonchev–Trinajstić information content (AvgIpc) is 3.68. The summed E-state index contributed by atoms with van der Waals surface area (Å²) in [6.45, 7) is 2.36. The number of aryl methyl sites for hydroxylation is 2. The van der Waals surface area contributed by atoms with Gasteiger partial charge < -0.3 is 5.32 Å². The lowest BCUT2D eigenvalue weighted by Gasteiger charge is -2.41. The van der Waals surface area contributed by atoms with Gasteiger partial charge >= 0.3 is 11.9 Å². The summed E-state index contributed by atoms with van der Waals surface area (Å²) in [5.74, 6) is -5.73. The number of fused-ring (bicyclic) bond motifs is 2. The van der Waals surface area contributed by atoms with E-state index in [4.69, 9.17) is 5.10 Å². The highest BCUT2D eigenvalue weighted by Crippen LogP contribution is 2.44. The summed E-state index contributed by atoms with van der Waals surface area (Å²) in [5.41, 5.74) is 0.959. The van der Waals surface area contributed by atoms with Crippen LogP contribution in [0.1, 0.15) is 90.3 Å². The molecule has 1 saturated carbocycles. The number of likely N-dealkylation sites (tertiary alicyclic amines) is 1. The molecule has 0 radical (unpaired) electrons. The van der Waals surface area contributed by atoms with Gasteiger partial charge in [0.2, 0.25) is 11.8 Å². The first kappa shape index (κ1) is 38.4. The molecule has 3 fully saturated rings. The summed E-state index contributed by atoms with van der Waals surface area (Å²) >= 11 is 0. The number of carbonyl (C=O) groups is 3. The predicted molar refractivity (Wildman–Crippen MR) is 200 cm³/mol. The van der Waals surface area contributed by atoms with Gasteiger partial charge in [0.1, 0.15) is 17.4 Å². The Morgan fingerprint density at radius 1 is 1.00 bits per heavy atom. The van der Waals surface area contributed by atoms with Gasteiger partial charge in [-0.1, -0.05) is 18.2 Å². The van der Waals surface area contributed by atoms with Crippen molar-refractivity contribution in [3.63, 3.8) is 0 Å². The minimum atomic E-state index is -4.68. The molecule has 2 aromatic carbocycles. The third-order valence-electron chi connectivity index (χ3n) is 11.8. The molecule has 2 aliphatic heterocycles. The SMILES string of the molecule is Cc1cc2nn(C3CCC(CN4CCC(c5cccc6c5n(C)c(=O)n6C5CCC(=O)NC5=O)C(F)(F)C4)CC3)cc2cc1NC(=O)c1cccc(C(F)(F)F)n1. The number of amides is 3. The molecular formula is C40H41F5N8O4. The van der Waals surface area contributed by atoms with E-state index < -0.39 is 59.7 Å². The van der Waals surface area contributed by atoms with Gasteiger partial charge in [0, 0.05) is 37.3 Å². The van der Waals surface area contributed by atoms with Crippen molar-refractivity contribution in [3.8, 4) is 0 Å². The number of hydrogen-bond acceptors (Lipinski definition) is 7. The number of pyridine rings is 1. The quantitative estimate of drug-likeness (QED) is 0.142. The number of alkyl halides is 5. The van der Waals surface area contributed by atoms with Crippen LogP contribution in [0.2, 0.25) is 0 Å². The van der Waals surface area contributed by atoms with Crippen molar-refractivity contribution >= 4 is 45.3 Å². The number of imidazole rings is 1. The number of para-hydroxylation sites is 1. The van der Waals surface area contributed by atoms with Gasteiger partial charge in [0.05, 0.1) is 35.1 Å². The van der Waals surface area contributed by atoms with Gasteiger partial charge in [-0.25, -0.2) is 18.6 Å². The molecule has 2 saturated heterocycles. The van der Waals surface area contributed by atoms with E-state index in [-0.39, 0.29) is 36.9 Å². The lowest BCUT2D eigenvalue weighted by Crippen LogP contribution is -2.49. The van der Waals surface area contributed by atoms with Crippen LogP contribution in [0.5, 0.6) is 0 Å². The maximum Gasteiger partial charge on any atom is 0.433 e. The summed E-state index contributed by atoms with van der Waals surface area (Å²) in [6.07, 6.45) is 0.890. The van der Waals surface area contributed by atoms with Crippen LogP contribution in [-0.2, 0) is 22.8 Å². The molecule has 0 bridgehead atoms. The Labute approximate surface area is 323 Å². The van der Waals surface area contributed by atoms with E-state index in [0.29, 0.717) is 46.5 Å². The molecule has 1 aliphatic carbocycles. The fraction of sp³-hybridized carbons (Fsp3) is 0.450. The molecule has 57 heavy (non-hydrogen) atoms. The number of anilines is 1. The summed E-state index contributed by atoms with van der Waals surface area (Å²) in [7, 11) is 1.52. The van der Waals surface area contributed by atoms with E-state index in [0.717, 1.165) is 43.2 Å². The summed E-state index contributed by atoms with van der Waals surface area (Å²) in [5, 5.41) is 10.5. The molecule has 2 N–H and O–H groups in total. The van der Waals surface area contributed by atoms with Crippen molar-refractivity contribution in [1.82, 2.24) is 34.1 Å². The topological polar surface area (TPSA) is 136 Å². The standard InChI is InChI=1S/C40H41F5N8O4/c1-22-17-30-24(18-29(22)47-36(55)28-6-4-8-33(46-28)40(43,44)45)20-52(49-30)25-11-9-23(10-12-25)19-51-16-15-27(39(41,42)21-51)26-5-3-7-31-35(26)50(2)38(57)53(31)32-13-14-34(54)48-37(32)56/h3-8,17-18,20,23,25,27,32H,9-16,19,21H2,1-2H3,(H,47,55)(H,48,54,56). The first-order valence-electron chi connectivity index (χ1n) is 19.1. The molecule has 5 heterocycles. The van der Waals surface area contributed by atoms with E-state index in [9.17, 15) is 32.3 Å². The predicted octanol–water partition coefficient (Wildman–Crippen LogP) is 6.50. The first-order chi connectivity index (χ1) is 27.1. The Kier molecular flexibility index (Phi) is 9.77. The monoisotopic (exact) mass is 792 g/mol. The summed E-state index contributed by atoms with van der Waals surface area (Å²) < 4.78 is 76.2. The number of halogens is 5. The Hall–Kier alpha value is -5.45. The normalized spacial score (nSPS) is 23.2. The molecule has 0 spiro atoms. The number of hydrogen-bond donors (Lipinski definition) is 2. The number of carbonyl (C=O) groups excluding carboxylic acids is 3. The molecule has 2 unspecified atom stereocenters. The molecule has 3 amide bonds. The van der Waals surface area contributed by atoms with Crippen LogP contribution in [0, 0.1) is 12.8 Å². The maximum atomic E-state index is 16.1. The van der Waals surface area contributed by atoms with E-state index in [1.165, 1.54) is 22.2 Å². The van der Waals surface area contributed by atoms with Crippen molar-refractivity contribution in [2.45, 2.75) is 82.0 Å². The zero-order valence-electron chi connectivity index (χ0n) is 31.3. The molecule has 3 aromatic heterocycles. The van der Waals surface area contributed by atoms with Gasteiger partial charge in [-0.2, -0.15) is 18.3 Å². The van der Waals surface area contributed by atoms with Crippen LogP contribution in [0.25, 0.3) is 21.9 Å². The Morgan fingerprint density at radius 3 is 2.47 bits per heavy atom. The molecule has 300 valence electrons. The Balaban J connectivity index is 0.900. The molecule has 8 rings (SSSR count). The lowest BCUT2D eigenvalue weighted by molar-refractivity contribution is -0.141. The average molecular weight is 793 g/mol. The van der Waals surface area contributed by atoms with Gasteiger partial charge in [-0.3, -0.25) is 38.4 Å². The second-order valence-corrected chi connectivity index (χ2v) is 15.6. The highest BCUT2D eigenvalue weighted by Gasteiger charge is 2.47. The maximum absolute atomic E-state index is 16.1. The van der Waals surface area contributed by atoms with E-state index in [1.54, 1.807) is 31.2 Å². The molecular weight excluding hydrogens is 751 g/mol. The van der Waals surface area contributed by atoms with Crippen LogP contribution in [0.3, 0.4) is 0 Å². The summed E-state index contributed by atoms with van der Waals surface area (Å²) in [4.78, 5) is 56.0. The largest absolute Gasteiger partial charge is 0.433 e. The van der Waals surface area contributed by atoms with Crippen molar-refractivity contribution in [2.75, 3.05) is 25.0 Å². The number of piperidine rings is 2. The number of imide groups is 1. The molecule has 17 heteroatoms. The van der Waals surface area contributed by atoms with Gasteiger partial charge in [0.15, 0.2) is 0 Å². The third-order valence-corrected chi connectivity index (χ3v) is 11.8. The number of aromatic nitrogens is 5. The molecule has 3 aliphatic rings. The van der Waals surface area contributed by atoms with Crippen molar-refractivity contribution < 1.29 is 36.3 Å². The van der Waals surface area contributed by atoms with E-state index in [1.807, 2.05) is 21.8 Å². The fourth-order valence-corrected chi connectivity index (χ4v) is 8.91. The lowest BCUT2D eigenvalue weighted by atomic mass is 9.83. The molecule has 12 nitrogen and oxygen atoms in total. The number of nitrogens with zero attached hydrogens (tertiary/aromatic N) is 6. The minimum Gasteiger partial charge on any atom is -0.320 e. The van der Waals surface area contributed by atoms with Crippen LogP contribution < -0.4 is 16.3 Å². The number of rotatable bonds is 7. The highest BCUT2D eigenvalue weighted by atomic mass is 19.4. The van der Waals surface area contributed by atoms with Crippen LogP contribution in [-0.4, -0.2) is 72.1 Å². The number of nitrogens with one attached hydrogen (secondary N) is 2. The zero-order valence-corrected chi connectivity index (χ0v) is 31.3. The van der Waals surface area contributed by atoms with Crippen molar-refractivity contribution in [3.05, 3.63) is 87.7 Å².